The lowest BCUT2D eigenvalue weighted by molar-refractivity contribution is -0.124. The average molecular weight is 180 g/mol. The summed E-state index contributed by atoms with van der Waals surface area (Å²) in [4.78, 5) is 11.3. The second kappa shape index (κ2) is 3.62. The molecule has 1 atom stereocenters. The van der Waals surface area contributed by atoms with E-state index in [4.69, 9.17) is 4.42 Å². The van der Waals surface area contributed by atoms with Crippen molar-refractivity contribution >= 4 is 5.91 Å². The van der Waals surface area contributed by atoms with Crippen LogP contribution in [0.2, 0.25) is 0 Å². The number of nitrogens with one attached hydrogen (secondary N) is 2. The minimum atomic E-state index is 0.00922. The highest BCUT2D eigenvalue weighted by Gasteiger charge is 2.23. The summed E-state index contributed by atoms with van der Waals surface area (Å²) in [7, 11) is 0. The van der Waals surface area contributed by atoms with Crippen LogP contribution < -0.4 is 10.6 Å². The highest BCUT2D eigenvalue weighted by molar-refractivity contribution is 5.82. The first-order valence-corrected chi connectivity index (χ1v) is 4.40. The van der Waals surface area contributed by atoms with E-state index in [0.29, 0.717) is 6.54 Å². The Morgan fingerprint density at radius 1 is 1.77 bits per heavy atom. The van der Waals surface area contributed by atoms with Crippen LogP contribution in [-0.2, 0) is 11.3 Å². The minimum absolute atomic E-state index is 0.00922. The topological polar surface area (TPSA) is 54.3 Å². The van der Waals surface area contributed by atoms with Crippen molar-refractivity contribution < 1.29 is 9.21 Å². The molecule has 0 aromatic carbocycles. The first-order valence-electron chi connectivity index (χ1n) is 4.40. The monoisotopic (exact) mass is 180 g/mol. The van der Waals surface area contributed by atoms with E-state index in [-0.39, 0.29) is 11.9 Å². The number of carbonyl (C=O) groups is 1. The molecular formula is C9H12N2O2. The number of rotatable bonds is 3. The maximum absolute atomic E-state index is 11.3. The SMILES string of the molecule is O=C(NCc1ccco1)C1CCN1. The molecule has 2 rings (SSSR count). The number of hydrogen-bond donors (Lipinski definition) is 2. The van der Waals surface area contributed by atoms with Gasteiger partial charge in [0.25, 0.3) is 0 Å². The maximum atomic E-state index is 11.3. The van der Waals surface area contributed by atoms with E-state index < -0.39 is 0 Å². The van der Waals surface area contributed by atoms with Gasteiger partial charge in [-0.1, -0.05) is 0 Å². The molecule has 1 fully saturated rings. The van der Waals surface area contributed by atoms with Gasteiger partial charge in [0.15, 0.2) is 0 Å². The van der Waals surface area contributed by atoms with E-state index >= 15 is 0 Å². The molecule has 1 aliphatic rings. The molecule has 0 spiro atoms. The van der Waals surface area contributed by atoms with Crippen molar-refractivity contribution in [2.45, 2.75) is 19.0 Å². The summed E-state index contributed by atoms with van der Waals surface area (Å²) in [5.74, 6) is 0.843. The van der Waals surface area contributed by atoms with Crippen molar-refractivity contribution in [1.82, 2.24) is 10.6 Å². The Bertz CT molecular complexity index is 278. The number of carbonyl (C=O) groups excluding carboxylic acids is 1. The van der Waals surface area contributed by atoms with Gasteiger partial charge in [-0.25, -0.2) is 0 Å². The molecule has 1 aliphatic heterocycles. The second-order valence-electron chi connectivity index (χ2n) is 3.09. The van der Waals surface area contributed by atoms with Gasteiger partial charge >= 0.3 is 0 Å². The third-order valence-corrected chi connectivity index (χ3v) is 2.16. The second-order valence-corrected chi connectivity index (χ2v) is 3.09. The van der Waals surface area contributed by atoms with Gasteiger partial charge < -0.3 is 15.1 Å². The van der Waals surface area contributed by atoms with Crippen LogP contribution in [-0.4, -0.2) is 18.5 Å². The number of hydrogen-bond acceptors (Lipinski definition) is 3. The highest BCUT2D eigenvalue weighted by atomic mass is 16.3. The molecule has 1 saturated heterocycles. The third kappa shape index (κ3) is 1.89. The number of furan rings is 1. The zero-order valence-corrected chi connectivity index (χ0v) is 7.25. The predicted octanol–water partition coefficient (Wildman–Crippen LogP) is 0.258. The molecule has 1 aromatic heterocycles. The molecule has 1 unspecified atom stereocenters. The lowest BCUT2D eigenvalue weighted by Gasteiger charge is -2.25. The minimum Gasteiger partial charge on any atom is -0.467 e. The Labute approximate surface area is 76.3 Å². The van der Waals surface area contributed by atoms with Crippen molar-refractivity contribution in [3.63, 3.8) is 0 Å². The first-order chi connectivity index (χ1) is 6.36. The van der Waals surface area contributed by atoms with E-state index in [1.54, 1.807) is 6.26 Å². The fraction of sp³-hybridized carbons (Fsp3) is 0.444. The fourth-order valence-corrected chi connectivity index (χ4v) is 1.22. The van der Waals surface area contributed by atoms with Crippen LogP contribution in [0, 0.1) is 0 Å². The van der Waals surface area contributed by atoms with E-state index in [9.17, 15) is 4.79 Å². The zero-order chi connectivity index (χ0) is 9.10. The van der Waals surface area contributed by atoms with E-state index in [2.05, 4.69) is 10.6 Å². The van der Waals surface area contributed by atoms with Crippen LogP contribution in [0.15, 0.2) is 22.8 Å². The summed E-state index contributed by atoms with van der Waals surface area (Å²) < 4.78 is 5.08. The maximum Gasteiger partial charge on any atom is 0.237 e. The van der Waals surface area contributed by atoms with Crippen LogP contribution in [0.5, 0.6) is 0 Å². The number of amides is 1. The van der Waals surface area contributed by atoms with Crippen LogP contribution in [0.1, 0.15) is 12.2 Å². The Hall–Kier alpha value is -1.29. The van der Waals surface area contributed by atoms with Gasteiger partial charge in [-0.2, -0.15) is 0 Å². The summed E-state index contributed by atoms with van der Waals surface area (Å²) in [6, 6.07) is 3.66. The van der Waals surface area contributed by atoms with Gasteiger partial charge in [0.2, 0.25) is 5.91 Å². The zero-order valence-electron chi connectivity index (χ0n) is 7.25. The molecule has 70 valence electrons. The molecule has 4 heteroatoms. The van der Waals surface area contributed by atoms with Crippen molar-refractivity contribution in [2.24, 2.45) is 0 Å². The molecule has 1 amide bonds. The van der Waals surface area contributed by atoms with E-state index in [0.717, 1.165) is 18.7 Å². The lowest BCUT2D eigenvalue weighted by Crippen LogP contribution is -2.52. The van der Waals surface area contributed by atoms with Gasteiger partial charge in [0, 0.05) is 0 Å². The average Bonchev–Trinajstić information content (AvgIpc) is 2.49. The largest absolute Gasteiger partial charge is 0.467 e. The van der Waals surface area contributed by atoms with Crippen molar-refractivity contribution in [3.8, 4) is 0 Å². The molecule has 1 aromatic rings. The summed E-state index contributed by atoms with van der Waals surface area (Å²) in [5, 5.41) is 5.82. The van der Waals surface area contributed by atoms with Crippen molar-refractivity contribution in [3.05, 3.63) is 24.2 Å². The standard InChI is InChI=1S/C9H12N2O2/c12-9(8-3-4-10-8)11-6-7-2-1-5-13-7/h1-2,5,8,10H,3-4,6H2,(H,11,12). The van der Waals surface area contributed by atoms with Gasteiger partial charge in [0.05, 0.1) is 18.8 Å². The Balaban J connectivity index is 1.76. The Kier molecular flexibility index (Phi) is 2.31. The quantitative estimate of drug-likeness (QED) is 0.701. The molecule has 2 heterocycles. The van der Waals surface area contributed by atoms with Gasteiger partial charge in [0.1, 0.15) is 5.76 Å². The molecule has 13 heavy (non-hydrogen) atoms. The molecule has 0 aliphatic carbocycles. The Morgan fingerprint density at radius 3 is 3.15 bits per heavy atom. The highest BCUT2D eigenvalue weighted by Crippen LogP contribution is 2.03. The van der Waals surface area contributed by atoms with Gasteiger partial charge in [-0.05, 0) is 25.1 Å². The van der Waals surface area contributed by atoms with Gasteiger partial charge in [-0.15, -0.1) is 0 Å². The lowest BCUT2D eigenvalue weighted by atomic mass is 10.1. The van der Waals surface area contributed by atoms with Crippen LogP contribution >= 0.6 is 0 Å². The molecule has 0 bridgehead atoms. The summed E-state index contributed by atoms with van der Waals surface area (Å²) in [6.45, 7) is 1.42. The third-order valence-electron chi connectivity index (χ3n) is 2.16. The van der Waals surface area contributed by atoms with Crippen molar-refractivity contribution in [2.75, 3.05) is 6.54 Å². The summed E-state index contributed by atoms with van der Waals surface area (Å²) >= 11 is 0. The van der Waals surface area contributed by atoms with Crippen LogP contribution in [0.4, 0.5) is 0 Å². The Morgan fingerprint density at radius 2 is 2.62 bits per heavy atom. The molecule has 0 radical (unpaired) electrons. The molecular weight excluding hydrogens is 168 g/mol. The predicted molar refractivity (Wildman–Crippen MR) is 47.0 cm³/mol. The summed E-state index contributed by atoms with van der Waals surface area (Å²) in [5.41, 5.74) is 0. The molecule has 2 N–H and O–H groups in total. The first kappa shape index (κ1) is 8.31. The molecule has 4 nitrogen and oxygen atoms in total. The smallest absolute Gasteiger partial charge is 0.237 e. The normalized spacial score (nSPS) is 20.8. The van der Waals surface area contributed by atoms with Crippen LogP contribution in [0.25, 0.3) is 0 Å². The van der Waals surface area contributed by atoms with E-state index in [1.165, 1.54) is 0 Å². The molecule has 0 saturated carbocycles. The van der Waals surface area contributed by atoms with Crippen molar-refractivity contribution in [1.29, 1.82) is 0 Å². The summed E-state index contributed by atoms with van der Waals surface area (Å²) in [6.07, 6.45) is 2.53. The fourth-order valence-electron chi connectivity index (χ4n) is 1.22. The van der Waals surface area contributed by atoms with Gasteiger partial charge in [-0.3, -0.25) is 4.79 Å². The van der Waals surface area contributed by atoms with E-state index in [1.807, 2.05) is 12.1 Å². The van der Waals surface area contributed by atoms with Crippen LogP contribution in [0.3, 0.4) is 0 Å².